The average Bonchev–Trinajstić information content (AvgIpc) is 3.10. The number of rotatable bonds is 3. The number of benzene rings is 2. The molecular weight excluding hydrogens is 356 g/mol. The van der Waals surface area contributed by atoms with Crippen LogP contribution in [0.4, 0.5) is 20.3 Å². The monoisotopic (exact) mass is 369 g/mol. The van der Waals surface area contributed by atoms with Crippen LogP contribution in [0.2, 0.25) is 0 Å². The smallest absolute Gasteiger partial charge is 0.150 e. The van der Waals surface area contributed by atoms with E-state index in [2.05, 4.69) is 15.4 Å². The molecule has 2 heterocycles. The minimum Gasteiger partial charge on any atom is -0.382 e. The molecule has 0 fully saturated rings. The van der Waals surface area contributed by atoms with Crippen molar-refractivity contribution in [1.29, 1.82) is 0 Å². The molecule has 0 saturated carbocycles. The molecule has 2 aromatic carbocycles. The van der Waals surface area contributed by atoms with E-state index in [0.717, 1.165) is 22.2 Å². The van der Waals surface area contributed by atoms with Crippen LogP contribution in [0.1, 0.15) is 5.56 Å². The third-order valence-corrected chi connectivity index (χ3v) is 4.74. The molecule has 26 heavy (non-hydrogen) atoms. The normalized spacial score (nSPS) is 12.0. The number of hydrogen-bond donors (Lipinski definition) is 3. The Morgan fingerprint density at radius 3 is 2.46 bits per heavy atom. The van der Waals surface area contributed by atoms with Gasteiger partial charge in [0, 0.05) is 38.9 Å². The lowest BCUT2D eigenvalue weighted by molar-refractivity contribution is 0.584. The number of amidine groups is 1. The van der Waals surface area contributed by atoms with E-state index in [-0.39, 0.29) is 11.5 Å². The first-order valence-electron chi connectivity index (χ1n) is 7.61. The van der Waals surface area contributed by atoms with Crippen molar-refractivity contribution in [3.05, 3.63) is 64.4 Å². The van der Waals surface area contributed by atoms with Gasteiger partial charge in [0.1, 0.15) is 23.3 Å². The molecule has 4 aromatic rings. The first kappa shape index (κ1) is 16.2. The van der Waals surface area contributed by atoms with Gasteiger partial charge >= 0.3 is 0 Å². The Kier molecular flexibility index (Phi) is 3.89. The van der Waals surface area contributed by atoms with Crippen LogP contribution in [0, 0.1) is 11.6 Å². The maximum Gasteiger partial charge on any atom is 0.150 e. The highest BCUT2D eigenvalue weighted by molar-refractivity contribution is 7.09. The fourth-order valence-electron chi connectivity index (χ4n) is 2.81. The highest BCUT2D eigenvalue weighted by atomic mass is 32.1. The van der Waals surface area contributed by atoms with Gasteiger partial charge in [-0.1, -0.05) is 12.1 Å². The molecule has 8 heteroatoms. The Morgan fingerprint density at radius 2 is 1.73 bits per heavy atom. The van der Waals surface area contributed by atoms with Crippen molar-refractivity contribution in [3.8, 4) is 0 Å². The van der Waals surface area contributed by atoms with Gasteiger partial charge in [-0.15, -0.1) is 0 Å². The Bertz CT molecular complexity index is 1150. The summed E-state index contributed by atoms with van der Waals surface area (Å²) in [5.74, 6) is 4.61. The SMILES string of the molecule is N/N=C(\N)c1ccc2c(c1)nc(Nc1cc(F)cc(F)c1)c1cscc12. The number of aromatic nitrogens is 1. The molecule has 0 radical (unpaired) electrons. The number of anilines is 2. The molecule has 2 aromatic heterocycles. The third-order valence-electron chi connectivity index (χ3n) is 4.00. The number of hydrogen-bond acceptors (Lipinski definition) is 5. The van der Waals surface area contributed by atoms with Crippen LogP contribution in [0.5, 0.6) is 0 Å². The summed E-state index contributed by atoms with van der Waals surface area (Å²) in [4.78, 5) is 4.61. The van der Waals surface area contributed by atoms with Gasteiger partial charge < -0.3 is 16.9 Å². The van der Waals surface area contributed by atoms with Crippen molar-refractivity contribution in [2.24, 2.45) is 16.7 Å². The number of fused-ring (bicyclic) bond motifs is 3. The minimum atomic E-state index is -0.663. The zero-order chi connectivity index (χ0) is 18.3. The number of nitrogens with one attached hydrogen (secondary N) is 1. The number of pyridine rings is 1. The van der Waals surface area contributed by atoms with E-state index >= 15 is 0 Å². The molecule has 0 spiro atoms. The van der Waals surface area contributed by atoms with E-state index in [1.165, 1.54) is 23.5 Å². The molecule has 5 N–H and O–H groups in total. The van der Waals surface area contributed by atoms with E-state index in [9.17, 15) is 8.78 Å². The number of thiophene rings is 1. The van der Waals surface area contributed by atoms with Gasteiger partial charge in [0.15, 0.2) is 0 Å². The maximum absolute atomic E-state index is 13.5. The zero-order valence-corrected chi connectivity index (χ0v) is 14.1. The second kappa shape index (κ2) is 6.23. The lowest BCUT2D eigenvalue weighted by Crippen LogP contribution is -2.15. The molecule has 130 valence electrons. The number of hydrazone groups is 1. The number of nitrogens with two attached hydrogens (primary N) is 2. The summed E-state index contributed by atoms with van der Waals surface area (Å²) in [6.07, 6.45) is 0. The summed E-state index contributed by atoms with van der Waals surface area (Å²) in [5.41, 5.74) is 7.36. The van der Waals surface area contributed by atoms with Crippen LogP contribution in [-0.4, -0.2) is 10.8 Å². The molecule has 0 saturated heterocycles. The zero-order valence-electron chi connectivity index (χ0n) is 13.3. The molecule has 0 aliphatic heterocycles. The van der Waals surface area contributed by atoms with Crippen molar-refractivity contribution in [1.82, 2.24) is 4.98 Å². The first-order chi connectivity index (χ1) is 12.5. The summed E-state index contributed by atoms with van der Waals surface area (Å²) in [6.45, 7) is 0. The minimum absolute atomic E-state index is 0.195. The molecule has 4 rings (SSSR count). The molecular formula is C18H13F2N5S. The average molecular weight is 369 g/mol. The lowest BCUT2D eigenvalue weighted by Gasteiger charge is -2.10. The van der Waals surface area contributed by atoms with Crippen LogP contribution in [0.15, 0.2) is 52.3 Å². The maximum atomic E-state index is 13.5. The fourth-order valence-corrected chi connectivity index (χ4v) is 3.65. The van der Waals surface area contributed by atoms with Gasteiger partial charge in [0.25, 0.3) is 0 Å². The quantitative estimate of drug-likeness (QED) is 0.220. The van der Waals surface area contributed by atoms with E-state index in [0.29, 0.717) is 16.9 Å². The Morgan fingerprint density at radius 1 is 1.00 bits per heavy atom. The molecule has 0 unspecified atom stereocenters. The molecule has 0 aliphatic carbocycles. The largest absolute Gasteiger partial charge is 0.382 e. The van der Waals surface area contributed by atoms with Crippen LogP contribution in [-0.2, 0) is 0 Å². The van der Waals surface area contributed by atoms with Crippen LogP contribution in [0.3, 0.4) is 0 Å². The van der Waals surface area contributed by atoms with Gasteiger partial charge in [-0.25, -0.2) is 13.8 Å². The second-order valence-electron chi connectivity index (χ2n) is 5.69. The molecule has 5 nitrogen and oxygen atoms in total. The van der Waals surface area contributed by atoms with Crippen molar-refractivity contribution < 1.29 is 8.78 Å². The van der Waals surface area contributed by atoms with E-state index in [1.54, 1.807) is 6.07 Å². The summed E-state index contributed by atoms with van der Waals surface area (Å²) in [5, 5.41) is 13.2. The number of halogens is 2. The third kappa shape index (κ3) is 2.80. The topological polar surface area (TPSA) is 89.3 Å². The standard InChI is InChI=1S/C18H13F2N5S/c19-10-4-11(20)6-12(5-10)23-18-15-8-26-7-14(15)13-2-1-9(17(21)25-22)3-16(13)24-18/h1-8H,22H2,(H2,21,25)(H,23,24). The van der Waals surface area contributed by atoms with Gasteiger partial charge in [-0.2, -0.15) is 16.4 Å². The summed E-state index contributed by atoms with van der Waals surface area (Å²) in [7, 11) is 0. The van der Waals surface area contributed by atoms with Crippen LogP contribution < -0.4 is 16.9 Å². The molecule has 0 aliphatic rings. The highest BCUT2D eigenvalue weighted by Gasteiger charge is 2.12. The van der Waals surface area contributed by atoms with E-state index in [1.807, 2.05) is 22.9 Å². The van der Waals surface area contributed by atoms with Gasteiger partial charge in [0.05, 0.1) is 5.52 Å². The van der Waals surface area contributed by atoms with E-state index in [4.69, 9.17) is 11.6 Å². The Hall–Kier alpha value is -3.26. The van der Waals surface area contributed by atoms with Crippen LogP contribution in [0.25, 0.3) is 21.7 Å². The van der Waals surface area contributed by atoms with Crippen molar-refractivity contribution in [2.45, 2.75) is 0 Å². The predicted octanol–water partition coefficient (Wildman–Crippen LogP) is 4.05. The molecule has 0 atom stereocenters. The first-order valence-corrected chi connectivity index (χ1v) is 8.56. The highest BCUT2D eigenvalue weighted by Crippen LogP contribution is 2.34. The fraction of sp³-hybridized carbons (Fsp3) is 0. The van der Waals surface area contributed by atoms with Crippen molar-refractivity contribution >= 4 is 50.4 Å². The number of nitrogens with zero attached hydrogens (tertiary/aromatic N) is 2. The Balaban J connectivity index is 1.90. The van der Waals surface area contributed by atoms with Crippen molar-refractivity contribution in [3.63, 3.8) is 0 Å². The summed E-state index contributed by atoms with van der Waals surface area (Å²) >= 11 is 1.52. The Labute approximate surface area is 151 Å². The second-order valence-corrected chi connectivity index (χ2v) is 6.43. The van der Waals surface area contributed by atoms with Crippen LogP contribution >= 0.6 is 11.3 Å². The van der Waals surface area contributed by atoms with Crippen molar-refractivity contribution in [2.75, 3.05) is 5.32 Å². The van der Waals surface area contributed by atoms with E-state index < -0.39 is 11.6 Å². The van der Waals surface area contributed by atoms with Gasteiger partial charge in [0.2, 0.25) is 0 Å². The van der Waals surface area contributed by atoms with Gasteiger partial charge in [-0.3, -0.25) is 0 Å². The lowest BCUT2D eigenvalue weighted by atomic mass is 10.1. The van der Waals surface area contributed by atoms with Gasteiger partial charge in [-0.05, 0) is 23.6 Å². The predicted molar refractivity (Wildman–Crippen MR) is 102 cm³/mol. The summed E-state index contributed by atoms with van der Waals surface area (Å²) in [6, 6.07) is 8.74. The molecule has 0 amide bonds. The summed E-state index contributed by atoms with van der Waals surface area (Å²) < 4.78 is 27.0. The molecule has 0 bridgehead atoms.